The Morgan fingerprint density at radius 2 is 1.61 bits per heavy atom. The first-order valence-corrected chi connectivity index (χ1v) is 12.6. The fourth-order valence-electron chi connectivity index (χ4n) is 4.78. The average molecular weight is 506 g/mol. The van der Waals surface area contributed by atoms with Crippen molar-refractivity contribution in [3.05, 3.63) is 58.6 Å². The summed E-state index contributed by atoms with van der Waals surface area (Å²) in [6, 6.07) is 13.3. The zero-order valence-electron chi connectivity index (χ0n) is 20.4. The number of hydrogen-bond acceptors (Lipinski definition) is 7. The van der Waals surface area contributed by atoms with Gasteiger partial charge in [-0.15, -0.1) is 10.2 Å². The van der Waals surface area contributed by atoms with Gasteiger partial charge in [0.2, 0.25) is 22.9 Å². The van der Waals surface area contributed by atoms with Crippen LogP contribution < -0.4 is 19.9 Å². The molecule has 2 saturated heterocycles. The number of ether oxygens (including phenoxy) is 1. The van der Waals surface area contributed by atoms with E-state index in [1.165, 1.54) is 11.3 Å². The first-order chi connectivity index (χ1) is 17.3. The minimum absolute atomic E-state index is 0.0499. The van der Waals surface area contributed by atoms with Gasteiger partial charge in [0.1, 0.15) is 10.8 Å². The van der Waals surface area contributed by atoms with Gasteiger partial charge in [-0.3, -0.25) is 14.4 Å². The Hall–Kier alpha value is -3.79. The lowest BCUT2D eigenvalue weighted by molar-refractivity contribution is -0.122. The molecule has 2 fully saturated rings. The van der Waals surface area contributed by atoms with Gasteiger partial charge in [-0.1, -0.05) is 17.4 Å². The maximum Gasteiger partial charge on any atom is 0.231 e. The third-order valence-electron chi connectivity index (χ3n) is 6.54. The van der Waals surface area contributed by atoms with E-state index in [1.54, 1.807) is 41.2 Å². The molecule has 0 aliphatic carbocycles. The number of rotatable bonds is 6. The summed E-state index contributed by atoms with van der Waals surface area (Å²) in [6.07, 6.45) is 0.481. The van der Waals surface area contributed by atoms with Gasteiger partial charge in [-0.25, -0.2) is 0 Å². The van der Waals surface area contributed by atoms with E-state index in [9.17, 15) is 14.4 Å². The predicted molar refractivity (Wildman–Crippen MR) is 138 cm³/mol. The fourth-order valence-corrected chi connectivity index (χ4v) is 5.62. The van der Waals surface area contributed by atoms with Gasteiger partial charge in [0.15, 0.2) is 0 Å². The summed E-state index contributed by atoms with van der Waals surface area (Å²) in [4.78, 5) is 41.6. The quantitative estimate of drug-likeness (QED) is 0.548. The normalized spacial score (nSPS) is 19.8. The molecule has 1 aromatic heterocycles. The van der Waals surface area contributed by atoms with Gasteiger partial charge in [-0.05, 0) is 61.4 Å². The standard InChI is InChI=1S/C26H27N5O4S/c1-15-8-16(2)10-20(9-15)31-14-18(12-23(31)33)25-28-29-26(36-25)27-24(34)17-11-22(32)30(13-17)19-4-6-21(35-3)7-5-19/h4-10,17-18H,11-14H2,1-3H3,(H,27,29,34). The molecule has 0 bridgehead atoms. The maximum absolute atomic E-state index is 12.9. The van der Waals surface area contributed by atoms with E-state index in [-0.39, 0.29) is 30.1 Å². The smallest absolute Gasteiger partial charge is 0.231 e. The van der Waals surface area contributed by atoms with E-state index in [1.807, 2.05) is 26.0 Å². The van der Waals surface area contributed by atoms with Crippen molar-refractivity contribution in [3.8, 4) is 5.75 Å². The van der Waals surface area contributed by atoms with E-state index >= 15 is 0 Å². The largest absolute Gasteiger partial charge is 0.497 e. The number of benzene rings is 2. The number of aryl methyl sites for hydroxylation is 2. The highest BCUT2D eigenvalue weighted by atomic mass is 32.1. The van der Waals surface area contributed by atoms with Gasteiger partial charge in [-0.2, -0.15) is 0 Å². The molecule has 0 radical (unpaired) electrons. The lowest BCUT2D eigenvalue weighted by Crippen LogP contribution is -2.28. The second kappa shape index (κ2) is 9.69. The second-order valence-electron chi connectivity index (χ2n) is 9.29. The molecule has 2 aliphatic heterocycles. The zero-order chi connectivity index (χ0) is 25.4. The van der Waals surface area contributed by atoms with Crippen LogP contribution in [0.2, 0.25) is 0 Å². The molecular formula is C26H27N5O4S. The van der Waals surface area contributed by atoms with E-state index in [2.05, 4.69) is 21.6 Å². The monoisotopic (exact) mass is 505 g/mol. The van der Waals surface area contributed by atoms with Crippen LogP contribution in [0.4, 0.5) is 16.5 Å². The third kappa shape index (κ3) is 4.81. The van der Waals surface area contributed by atoms with Crippen LogP contribution in [0.25, 0.3) is 0 Å². The van der Waals surface area contributed by atoms with Crippen molar-refractivity contribution in [1.82, 2.24) is 10.2 Å². The summed E-state index contributed by atoms with van der Waals surface area (Å²) in [5.74, 6) is -0.183. The molecule has 0 spiro atoms. The molecule has 3 amide bonds. The molecular weight excluding hydrogens is 478 g/mol. The van der Waals surface area contributed by atoms with Crippen molar-refractivity contribution in [2.24, 2.45) is 5.92 Å². The van der Waals surface area contributed by atoms with Crippen molar-refractivity contribution in [2.75, 3.05) is 35.3 Å². The van der Waals surface area contributed by atoms with Crippen molar-refractivity contribution in [2.45, 2.75) is 32.6 Å². The van der Waals surface area contributed by atoms with Crippen LogP contribution in [0.15, 0.2) is 42.5 Å². The van der Waals surface area contributed by atoms with Gasteiger partial charge in [0.05, 0.1) is 13.0 Å². The Balaban J connectivity index is 1.21. The minimum Gasteiger partial charge on any atom is -0.497 e. The highest BCUT2D eigenvalue weighted by molar-refractivity contribution is 7.15. The number of carbonyl (C=O) groups excluding carboxylic acids is 3. The SMILES string of the molecule is COc1ccc(N2CC(C(=O)Nc3nnc(C4CC(=O)N(c5cc(C)cc(C)c5)C4)s3)CC2=O)cc1. The van der Waals surface area contributed by atoms with Crippen LogP contribution in [0, 0.1) is 19.8 Å². The lowest BCUT2D eigenvalue weighted by atomic mass is 10.1. The predicted octanol–water partition coefficient (Wildman–Crippen LogP) is 3.68. The van der Waals surface area contributed by atoms with Crippen LogP contribution in [-0.2, 0) is 14.4 Å². The first-order valence-electron chi connectivity index (χ1n) is 11.8. The van der Waals surface area contributed by atoms with E-state index < -0.39 is 5.92 Å². The molecule has 2 aliphatic rings. The lowest BCUT2D eigenvalue weighted by Gasteiger charge is -2.17. The minimum atomic E-state index is -0.486. The molecule has 10 heteroatoms. The van der Waals surface area contributed by atoms with Crippen LogP contribution in [-0.4, -0.2) is 48.1 Å². The molecule has 9 nitrogen and oxygen atoms in total. The first kappa shape index (κ1) is 23.9. The summed E-state index contributed by atoms with van der Waals surface area (Å²) in [5, 5.41) is 12.3. The molecule has 2 unspecified atom stereocenters. The van der Waals surface area contributed by atoms with Gasteiger partial charge >= 0.3 is 0 Å². The third-order valence-corrected chi connectivity index (χ3v) is 7.54. The fraction of sp³-hybridized carbons (Fsp3) is 0.346. The molecule has 1 N–H and O–H groups in total. The Morgan fingerprint density at radius 3 is 2.31 bits per heavy atom. The summed E-state index contributed by atoms with van der Waals surface area (Å²) in [5.41, 5.74) is 3.84. The van der Waals surface area contributed by atoms with Crippen molar-refractivity contribution >= 4 is 45.6 Å². The molecule has 5 rings (SSSR count). The van der Waals surface area contributed by atoms with Crippen molar-refractivity contribution < 1.29 is 19.1 Å². The molecule has 3 aromatic rings. The molecule has 2 aromatic carbocycles. The zero-order valence-corrected chi connectivity index (χ0v) is 21.2. The average Bonchev–Trinajstić information content (AvgIpc) is 3.57. The number of nitrogens with one attached hydrogen (secondary N) is 1. The van der Waals surface area contributed by atoms with E-state index in [0.717, 1.165) is 22.5 Å². The summed E-state index contributed by atoms with van der Waals surface area (Å²) in [7, 11) is 1.58. The highest BCUT2D eigenvalue weighted by Gasteiger charge is 2.37. The van der Waals surface area contributed by atoms with E-state index in [0.29, 0.717) is 35.4 Å². The van der Waals surface area contributed by atoms with Crippen LogP contribution in [0.1, 0.15) is 34.9 Å². The second-order valence-corrected chi connectivity index (χ2v) is 10.3. The van der Waals surface area contributed by atoms with Crippen molar-refractivity contribution in [3.63, 3.8) is 0 Å². The summed E-state index contributed by atoms with van der Waals surface area (Å²) in [6.45, 7) is 4.85. The van der Waals surface area contributed by atoms with Gasteiger partial charge < -0.3 is 19.9 Å². The van der Waals surface area contributed by atoms with Crippen LogP contribution in [0.5, 0.6) is 5.75 Å². The molecule has 2 atom stereocenters. The molecule has 186 valence electrons. The Kier molecular flexibility index (Phi) is 6.44. The highest BCUT2D eigenvalue weighted by Crippen LogP contribution is 2.35. The number of anilines is 3. The number of carbonyl (C=O) groups is 3. The Bertz CT molecular complexity index is 1300. The summed E-state index contributed by atoms with van der Waals surface area (Å²) < 4.78 is 5.17. The summed E-state index contributed by atoms with van der Waals surface area (Å²) >= 11 is 1.28. The Morgan fingerprint density at radius 1 is 0.944 bits per heavy atom. The maximum atomic E-state index is 12.9. The Labute approximate surface area is 213 Å². The van der Waals surface area contributed by atoms with E-state index in [4.69, 9.17) is 4.74 Å². The van der Waals surface area contributed by atoms with Crippen molar-refractivity contribution in [1.29, 1.82) is 0 Å². The van der Waals surface area contributed by atoms with Gasteiger partial charge in [0, 0.05) is 43.2 Å². The topological polar surface area (TPSA) is 105 Å². The molecule has 36 heavy (non-hydrogen) atoms. The van der Waals surface area contributed by atoms with Crippen LogP contribution >= 0.6 is 11.3 Å². The number of nitrogens with zero attached hydrogens (tertiary/aromatic N) is 4. The number of hydrogen-bond donors (Lipinski definition) is 1. The number of aromatic nitrogens is 2. The molecule has 0 saturated carbocycles. The number of methoxy groups -OCH3 is 1. The van der Waals surface area contributed by atoms with Gasteiger partial charge in [0.25, 0.3) is 0 Å². The van der Waals surface area contributed by atoms with Crippen LogP contribution in [0.3, 0.4) is 0 Å². The number of amides is 3. The molecule has 3 heterocycles.